The Hall–Kier alpha value is -5.72. The number of fused-ring (bicyclic) bond motifs is 10. The van der Waals surface area contributed by atoms with Gasteiger partial charge in [-0.25, -0.2) is 0 Å². The van der Waals surface area contributed by atoms with E-state index in [0.29, 0.717) is 0 Å². The topological polar surface area (TPSA) is 0 Å². The summed E-state index contributed by atoms with van der Waals surface area (Å²) in [5.41, 5.74) is 10.7. The Morgan fingerprint density at radius 1 is 0.298 bits per heavy atom. The molecule has 0 aliphatic heterocycles. The maximum absolute atomic E-state index is 2.52. The molecule has 0 heterocycles. The van der Waals surface area contributed by atoms with Crippen molar-refractivity contribution in [3.8, 4) is 33.4 Å². The molecular formula is C47H32. The average molecular weight is 597 g/mol. The molecule has 9 aromatic carbocycles. The zero-order valence-electron chi connectivity index (χ0n) is 26.5. The minimum Gasteiger partial charge on any atom is -0.0619 e. The first-order chi connectivity index (χ1) is 23.1. The highest BCUT2D eigenvalue weighted by Gasteiger charge is 2.37. The summed E-state index contributed by atoms with van der Waals surface area (Å²) in [4.78, 5) is 0. The SMILES string of the molecule is CC1(C)c2ccccc2-c2c1cc(-c1c3ccccc3c(-c3cccc4c3ccc3ccccc34)c3ccccc13)c1ccccc21. The van der Waals surface area contributed by atoms with E-state index in [-0.39, 0.29) is 5.41 Å². The summed E-state index contributed by atoms with van der Waals surface area (Å²) in [5, 5.41) is 12.9. The molecule has 0 unspecified atom stereocenters. The van der Waals surface area contributed by atoms with E-state index in [1.54, 1.807) is 0 Å². The van der Waals surface area contributed by atoms with E-state index in [2.05, 4.69) is 172 Å². The molecule has 0 amide bonds. The summed E-state index contributed by atoms with van der Waals surface area (Å²) in [7, 11) is 0. The fourth-order valence-electron chi connectivity index (χ4n) is 8.72. The molecule has 0 atom stereocenters. The molecule has 0 aromatic heterocycles. The van der Waals surface area contributed by atoms with E-state index < -0.39 is 0 Å². The summed E-state index contributed by atoms with van der Waals surface area (Å²) in [6, 6.07) is 58.9. The Morgan fingerprint density at radius 2 is 0.766 bits per heavy atom. The lowest BCUT2D eigenvalue weighted by Gasteiger charge is -2.24. The largest absolute Gasteiger partial charge is 0.0619 e. The average Bonchev–Trinajstić information content (AvgIpc) is 3.36. The van der Waals surface area contributed by atoms with Crippen LogP contribution in [0, 0.1) is 0 Å². The van der Waals surface area contributed by atoms with Crippen molar-refractivity contribution in [2.75, 3.05) is 0 Å². The van der Waals surface area contributed by atoms with E-state index >= 15 is 0 Å². The Balaban J connectivity index is 1.36. The Labute approximate surface area is 274 Å². The van der Waals surface area contributed by atoms with Crippen LogP contribution in [0.4, 0.5) is 0 Å². The molecule has 47 heavy (non-hydrogen) atoms. The van der Waals surface area contributed by atoms with Crippen LogP contribution in [0.2, 0.25) is 0 Å². The van der Waals surface area contributed by atoms with Crippen molar-refractivity contribution >= 4 is 53.9 Å². The molecule has 0 spiro atoms. The second-order valence-corrected chi connectivity index (χ2v) is 13.6. The highest BCUT2D eigenvalue weighted by molar-refractivity contribution is 6.27. The molecule has 9 aromatic rings. The van der Waals surface area contributed by atoms with Crippen LogP contribution in [0.5, 0.6) is 0 Å². The van der Waals surface area contributed by atoms with E-state index in [9.17, 15) is 0 Å². The van der Waals surface area contributed by atoms with Crippen LogP contribution in [0.1, 0.15) is 25.0 Å². The van der Waals surface area contributed by atoms with Crippen molar-refractivity contribution < 1.29 is 0 Å². The molecule has 0 N–H and O–H groups in total. The van der Waals surface area contributed by atoms with Crippen LogP contribution < -0.4 is 0 Å². The zero-order valence-corrected chi connectivity index (χ0v) is 26.5. The Morgan fingerprint density at radius 3 is 1.45 bits per heavy atom. The first-order valence-electron chi connectivity index (χ1n) is 16.6. The number of hydrogen-bond donors (Lipinski definition) is 0. The standard InChI is InChI=1S/C47H32/c1-47(2)42-25-12-11-22-40(42)46-35-17-6-5-16-32(35)41(28-43(46)47)45-38-20-9-7-18-36(38)44(37-19-8-10-21-39(37)45)34-24-13-23-31-30-15-4-3-14-29(30)26-27-33(31)34/h3-28H,1-2H3. The van der Waals surface area contributed by atoms with Crippen molar-refractivity contribution in [2.24, 2.45) is 0 Å². The van der Waals surface area contributed by atoms with Gasteiger partial charge in [0.2, 0.25) is 0 Å². The van der Waals surface area contributed by atoms with Crippen molar-refractivity contribution in [1.82, 2.24) is 0 Å². The van der Waals surface area contributed by atoms with Crippen molar-refractivity contribution in [2.45, 2.75) is 19.3 Å². The normalized spacial score (nSPS) is 13.5. The second-order valence-electron chi connectivity index (χ2n) is 13.6. The molecule has 10 rings (SSSR count). The van der Waals surface area contributed by atoms with Gasteiger partial charge in [0.25, 0.3) is 0 Å². The van der Waals surface area contributed by atoms with E-state index in [4.69, 9.17) is 0 Å². The fourth-order valence-corrected chi connectivity index (χ4v) is 8.72. The number of benzene rings is 9. The number of rotatable bonds is 2. The van der Waals surface area contributed by atoms with Crippen LogP contribution in [0.15, 0.2) is 158 Å². The van der Waals surface area contributed by atoms with Gasteiger partial charge in [0.15, 0.2) is 0 Å². The van der Waals surface area contributed by atoms with Crippen molar-refractivity contribution in [3.05, 3.63) is 169 Å². The molecule has 0 fully saturated rings. The van der Waals surface area contributed by atoms with Gasteiger partial charge in [-0.3, -0.25) is 0 Å². The fraction of sp³-hybridized carbons (Fsp3) is 0.0638. The zero-order chi connectivity index (χ0) is 31.3. The minimum absolute atomic E-state index is 0.0953. The first-order valence-corrected chi connectivity index (χ1v) is 16.6. The molecule has 220 valence electrons. The Kier molecular flexibility index (Phi) is 5.44. The van der Waals surface area contributed by atoms with Gasteiger partial charge in [-0.15, -0.1) is 0 Å². The van der Waals surface area contributed by atoms with Crippen LogP contribution in [-0.4, -0.2) is 0 Å². The molecule has 1 aliphatic carbocycles. The van der Waals surface area contributed by atoms with E-state index in [1.165, 1.54) is 98.4 Å². The summed E-state index contributed by atoms with van der Waals surface area (Å²) in [6.07, 6.45) is 0. The minimum atomic E-state index is -0.0953. The van der Waals surface area contributed by atoms with Gasteiger partial charge < -0.3 is 0 Å². The first kappa shape index (κ1) is 26.5. The van der Waals surface area contributed by atoms with Gasteiger partial charge in [-0.05, 0) is 104 Å². The van der Waals surface area contributed by atoms with Crippen LogP contribution in [0.3, 0.4) is 0 Å². The second kappa shape index (κ2) is 9.64. The predicted octanol–water partition coefficient (Wildman–Crippen LogP) is 13.1. The van der Waals surface area contributed by atoms with Gasteiger partial charge in [0.05, 0.1) is 0 Å². The predicted molar refractivity (Wildman–Crippen MR) is 202 cm³/mol. The lowest BCUT2D eigenvalue weighted by molar-refractivity contribution is 0.661. The maximum atomic E-state index is 2.52. The third kappa shape index (κ3) is 3.59. The van der Waals surface area contributed by atoms with Gasteiger partial charge in [-0.1, -0.05) is 166 Å². The summed E-state index contributed by atoms with van der Waals surface area (Å²) >= 11 is 0. The van der Waals surface area contributed by atoms with Crippen LogP contribution >= 0.6 is 0 Å². The lowest BCUT2D eigenvalue weighted by atomic mass is 9.79. The van der Waals surface area contributed by atoms with Gasteiger partial charge >= 0.3 is 0 Å². The van der Waals surface area contributed by atoms with Crippen LogP contribution in [0.25, 0.3) is 87.2 Å². The lowest BCUT2D eigenvalue weighted by Crippen LogP contribution is -2.15. The molecule has 0 saturated carbocycles. The quantitative estimate of drug-likeness (QED) is 0.138. The summed E-state index contributed by atoms with van der Waals surface area (Å²) < 4.78 is 0. The monoisotopic (exact) mass is 596 g/mol. The summed E-state index contributed by atoms with van der Waals surface area (Å²) in [6.45, 7) is 4.78. The molecule has 0 radical (unpaired) electrons. The van der Waals surface area contributed by atoms with Crippen LogP contribution in [-0.2, 0) is 5.41 Å². The van der Waals surface area contributed by atoms with E-state index in [1.807, 2.05) is 0 Å². The third-order valence-corrected chi connectivity index (χ3v) is 10.8. The van der Waals surface area contributed by atoms with Gasteiger partial charge in [0.1, 0.15) is 0 Å². The van der Waals surface area contributed by atoms with Gasteiger partial charge in [0, 0.05) is 5.41 Å². The van der Waals surface area contributed by atoms with Crippen molar-refractivity contribution in [3.63, 3.8) is 0 Å². The Bertz CT molecular complexity index is 2700. The maximum Gasteiger partial charge on any atom is 0.0159 e. The molecular weight excluding hydrogens is 565 g/mol. The summed E-state index contributed by atoms with van der Waals surface area (Å²) in [5.74, 6) is 0. The molecule has 0 heteroatoms. The molecule has 0 saturated heterocycles. The molecule has 0 nitrogen and oxygen atoms in total. The smallest absolute Gasteiger partial charge is 0.0159 e. The number of hydrogen-bond acceptors (Lipinski definition) is 0. The van der Waals surface area contributed by atoms with E-state index in [0.717, 1.165) is 0 Å². The van der Waals surface area contributed by atoms with Crippen molar-refractivity contribution in [1.29, 1.82) is 0 Å². The molecule has 1 aliphatic rings. The molecule has 0 bridgehead atoms. The highest BCUT2D eigenvalue weighted by atomic mass is 14.4. The van der Waals surface area contributed by atoms with Gasteiger partial charge in [-0.2, -0.15) is 0 Å². The highest BCUT2D eigenvalue weighted by Crippen LogP contribution is 2.55. The third-order valence-electron chi connectivity index (χ3n) is 10.8.